The summed E-state index contributed by atoms with van der Waals surface area (Å²) in [5.41, 5.74) is -0.147. The molecule has 1 amide bonds. The van der Waals surface area contributed by atoms with Crippen molar-refractivity contribution in [1.29, 1.82) is 0 Å². The van der Waals surface area contributed by atoms with Gasteiger partial charge in [-0.2, -0.15) is 0 Å². The molecule has 0 spiro atoms. The van der Waals surface area contributed by atoms with E-state index in [0.29, 0.717) is 37.5 Å². The maximum absolute atomic E-state index is 12.7. The Bertz CT molecular complexity index is 1110. The monoisotopic (exact) mass is 601 g/mol. The van der Waals surface area contributed by atoms with E-state index in [9.17, 15) is 14.7 Å². The van der Waals surface area contributed by atoms with Gasteiger partial charge in [0, 0.05) is 17.9 Å². The lowest BCUT2D eigenvalue weighted by Crippen LogP contribution is -2.68. The first-order valence-electron chi connectivity index (χ1n) is 17.4. The van der Waals surface area contributed by atoms with Crippen LogP contribution in [0.4, 0.5) is 0 Å². The molecule has 4 saturated carbocycles. The van der Waals surface area contributed by atoms with Gasteiger partial charge in [-0.05, 0) is 90.3 Å². The van der Waals surface area contributed by atoms with Crippen molar-refractivity contribution < 1.29 is 28.9 Å². The van der Waals surface area contributed by atoms with Crippen LogP contribution in [0.15, 0.2) is 0 Å². The second-order valence-corrected chi connectivity index (χ2v) is 17.4. The first-order valence-corrected chi connectivity index (χ1v) is 17.4. The summed E-state index contributed by atoms with van der Waals surface area (Å²) in [4.78, 5) is 26.4. The molecule has 0 unspecified atom stereocenters. The zero-order valence-corrected chi connectivity index (χ0v) is 28.4. The summed E-state index contributed by atoms with van der Waals surface area (Å²) in [7, 11) is 0. The number of ether oxygens (including phenoxy) is 3. The minimum Gasteiger partial charge on any atom is -0.390 e. The smallest absolute Gasteiger partial charge is 0.225 e. The van der Waals surface area contributed by atoms with E-state index in [2.05, 4.69) is 48.5 Å². The SMILES string of the molecule is CC(C)C(=O)N1CCO[C@@H](O[C@H]2CC[C@@]3(C)[C@@H](CC[C@H]4[C@]5(C)[C@@H](O)[C@H]6O[C@@H](C=O)C[C@@H](C)[C@H]6[C@@]5(C)CC[C@]43C)C2(C)C)C1. The van der Waals surface area contributed by atoms with Gasteiger partial charge in [-0.3, -0.25) is 4.79 Å². The molecule has 0 radical (unpaired) electrons. The fourth-order valence-electron chi connectivity index (χ4n) is 12.7. The highest BCUT2D eigenvalue weighted by atomic mass is 16.7. The van der Waals surface area contributed by atoms with Crippen LogP contribution in [0.25, 0.3) is 0 Å². The van der Waals surface area contributed by atoms with Gasteiger partial charge in [0.1, 0.15) is 12.4 Å². The lowest BCUT2D eigenvalue weighted by atomic mass is 9.32. The van der Waals surface area contributed by atoms with Crippen LogP contribution >= 0.6 is 0 Å². The Morgan fingerprint density at radius 3 is 2.30 bits per heavy atom. The normalized spacial score (nSPS) is 52.5. The molecule has 4 aliphatic carbocycles. The zero-order valence-electron chi connectivity index (χ0n) is 28.4. The van der Waals surface area contributed by atoms with Gasteiger partial charge in [0.2, 0.25) is 5.91 Å². The van der Waals surface area contributed by atoms with E-state index in [1.165, 1.54) is 0 Å². The van der Waals surface area contributed by atoms with E-state index in [-0.39, 0.29) is 63.3 Å². The zero-order chi connectivity index (χ0) is 31.3. The van der Waals surface area contributed by atoms with Crippen molar-refractivity contribution in [3.63, 3.8) is 0 Å². The van der Waals surface area contributed by atoms with Crippen molar-refractivity contribution in [3.8, 4) is 0 Å². The fraction of sp³-hybridized carbons (Fsp3) is 0.944. The fourth-order valence-corrected chi connectivity index (χ4v) is 12.7. The number of aliphatic hydroxyl groups is 1. The maximum Gasteiger partial charge on any atom is 0.225 e. The summed E-state index contributed by atoms with van der Waals surface area (Å²) < 4.78 is 19.3. The molecule has 13 atom stereocenters. The minimum atomic E-state index is -0.565. The number of rotatable bonds is 4. The van der Waals surface area contributed by atoms with Crippen LogP contribution in [0, 0.1) is 56.7 Å². The molecule has 244 valence electrons. The van der Waals surface area contributed by atoms with Crippen LogP contribution in [0.5, 0.6) is 0 Å². The third-order valence-corrected chi connectivity index (χ3v) is 15.2. The van der Waals surface area contributed by atoms with Crippen molar-refractivity contribution in [2.24, 2.45) is 56.7 Å². The summed E-state index contributed by atoms with van der Waals surface area (Å²) in [6, 6.07) is 0. The molecule has 7 nitrogen and oxygen atoms in total. The number of nitrogens with zero attached hydrogens (tertiary/aromatic N) is 1. The standard InChI is InChI=1S/C36H59NO6/c1-21(2)31(40)37-16-17-41-27(19-37)43-26-12-13-33(6)24(32(26,4)5)10-11-25-34(33,7)14-15-35(8)28-22(3)18-23(20-38)42-29(28)30(39)36(25,35)9/h20-30,39H,10-19H2,1-9H3/t22-,23-,24+,25-,26+,27+,28-,29+,30+,33+,34-,35-,36-/m1/s1. The highest BCUT2D eigenvalue weighted by Gasteiger charge is 2.76. The van der Waals surface area contributed by atoms with Gasteiger partial charge in [0.15, 0.2) is 6.29 Å². The molecule has 0 aromatic heterocycles. The summed E-state index contributed by atoms with van der Waals surface area (Å²) in [6.45, 7) is 22.6. The van der Waals surface area contributed by atoms with E-state index in [1.54, 1.807) is 0 Å². The van der Waals surface area contributed by atoms with E-state index in [1.807, 2.05) is 18.7 Å². The Kier molecular flexibility index (Phi) is 7.80. The van der Waals surface area contributed by atoms with Crippen LogP contribution < -0.4 is 0 Å². The van der Waals surface area contributed by atoms with Gasteiger partial charge in [0.05, 0.1) is 31.5 Å². The average molecular weight is 602 g/mol. The predicted molar refractivity (Wildman–Crippen MR) is 165 cm³/mol. The molecule has 2 heterocycles. The number of morpholine rings is 1. The molecule has 43 heavy (non-hydrogen) atoms. The molecule has 2 aliphatic heterocycles. The molecule has 6 rings (SSSR count). The predicted octanol–water partition coefficient (Wildman–Crippen LogP) is 5.86. The Morgan fingerprint density at radius 1 is 0.977 bits per heavy atom. The summed E-state index contributed by atoms with van der Waals surface area (Å²) in [5.74, 6) is 1.65. The highest BCUT2D eigenvalue weighted by molar-refractivity contribution is 5.78. The van der Waals surface area contributed by atoms with Crippen molar-refractivity contribution in [1.82, 2.24) is 4.90 Å². The highest BCUT2D eigenvalue weighted by Crippen LogP contribution is 2.79. The first-order chi connectivity index (χ1) is 20.1. The minimum absolute atomic E-state index is 0.0226. The molecule has 7 heteroatoms. The Morgan fingerprint density at radius 2 is 1.63 bits per heavy atom. The lowest BCUT2D eigenvalue weighted by molar-refractivity contribution is -0.283. The van der Waals surface area contributed by atoms with E-state index < -0.39 is 12.2 Å². The third kappa shape index (κ3) is 4.25. The molecule has 0 bridgehead atoms. The largest absolute Gasteiger partial charge is 0.390 e. The van der Waals surface area contributed by atoms with Gasteiger partial charge < -0.3 is 29.0 Å². The number of carbonyl (C=O) groups excluding carboxylic acids is 2. The second-order valence-electron chi connectivity index (χ2n) is 17.4. The van der Waals surface area contributed by atoms with Crippen molar-refractivity contribution in [2.45, 2.75) is 138 Å². The van der Waals surface area contributed by atoms with Gasteiger partial charge in [-0.25, -0.2) is 0 Å². The van der Waals surface area contributed by atoms with Crippen LogP contribution in [0.1, 0.15) is 107 Å². The number of aldehydes is 1. The quantitative estimate of drug-likeness (QED) is 0.407. The van der Waals surface area contributed by atoms with E-state index in [0.717, 1.165) is 51.2 Å². The van der Waals surface area contributed by atoms with E-state index in [4.69, 9.17) is 14.2 Å². The van der Waals surface area contributed by atoms with Gasteiger partial charge >= 0.3 is 0 Å². The summed E-state index contributed by atoms with van der Waals surface area (Å²) in [5, 5.41) is 12.2. The third-order valence-electron chi connectivity index (χ3n) is 15.2. The topological polar surface area (TPSA) is 85.3 Å². The molecule has 1 N–H and O–H groups in total. The Hall–Kier alpha value is -1.02. The number of amides is 1. The van der Waals surface area contributed by atoms with E-state index >= 15 is 0 Å². The Labute approximate surface area is 260 Å². The van der Waals surface area contributed by atoms with Gasteiger partial charge in [0.25, 0.3) is 0 Å². The molecular formula is C36H59NO6. The summed E-state index contributed by atoms with van der Waals surface area (Å²) in [6.07, 6.45) is 6.71. The van der Waals surface area contributed by atoms with Crippen molar-refractivity contribution in [2.75, 3.05) is 19.7 Å². The van der Waals surface area contributed by atoms with Gasteiger partial charge in [-0.1, -0.05) is 62.3 Å². The number of hydrogen-bond donors (Lipinski definition) is 1. The number of fused-ring (bicyclic) bond motifs is 7. The number of carbonyl (C=O) groups is 2. The van der Waals surface area contributed by atoms with Crippen LogP contribution in [-0.4, -0.2) is 72.6 Å². The number of aliphatic hydroxyl groups excluding tert-OH is 1. The molecular weight excluding hydrogens is 542 g/mol. The van der Waals surface area contributed by atoms with Crippen LogP contribution in [-0.2, 0) is 23.8 Å². The Balaban J connectivity index is 1.26. The average Bonchev–Trinajstić information content (AvgIpc) is 3.13. The molecule has 0 aromatic carbocycles. The lowest BCUT2D eigenvalue weighted by Gasteiger charge is -2.72. The molecule has 2 saturated heterocycles. The van der Waals surface area contributed by atoms with Crippen LogP contribution in [0.3, 0.4) is 0 Å². The first kappa shape index (κ1) is 31.9. The maximum atomic E-state index is 12.7. The number of hydrogen-bond acceptors (Lipinski definition) is 6. The molecule has 6 fully saturated rings. The van der Waals surface area contributed by atoms with Crippen LogP contribution in [0.2, 0.25) is 0 Å². The second kappa shape index (κ2) is 10.5. The molecule has 6 aliphatic rings. The molecule has 0 aromatic rings. The van der Waals surface area contributed by atoms with Crippen molar-refractivity contribution >= 4 is 12.2 Å². The van der Waals surface area contributed by atoms with Gasteiger partial charge in [-0.15, -0.1) is 0 Å². The summed E-state index contributed by atoms with van der Waals surface area (Å²) >= 11 is 0. The van der Waals surface area contributed by atoms with Crippen molar-refractivity contribution in [3.05, 3.63) is 0 Å².